The molecule has 0 aromatic heterocycles. The van der Waals surface area contributed by atoms with Crippen molar-refractivity contribution in [2.45, 2.75) is 19.4 Å². The first-order valence-electron chi connectivity index (χ1n) is 8.16. The zero-order valence-electron chi connectivity index (χ0n) is 13.9. The molecule has 1 heterocycles. The van der Waals surface area contributed by atoms with Gasteiger partial charge in [-0.3, -0.25) is 9.59 Å². The second kappa shape index (κ2) is 7.34. The average Bonchev–Trinajstić information content (AvgIpc) is 2.96. The lowest BCUT2D eigenvalue weighted by Gasteiger charge is -2.17. The average molecular weight is 342 g/mol. The van der Waals surface area contributed by atoms with Crippen LogP contribution in [0.5, 0.6) is 5.75 Å². The van der Waals surface area contributed by atoms with Gasteiger partial charge in [-0.2, -0.15) is 0 Å². The van der Waals surface area contributed by atoms with Crippen LogP contribution in [0.15, 0.2) is 48.5 Å². The number of nitrogens with one attached hydrogen (secondary N) is 1. The predicted octanol–water partition coefficient (Wildman–Crippen LogP) is 2.76. The maximum absolute atomic E-state index is 13.3. The number of ether oxygens (including phenoxy) is 1. The first-order valence-corrected chi connectivity index (χ1v) is 8.16. The topological polar surface area (TPSA) is 58.6 Å². The SMILES string of the molecule is CCOc1ccc(C(=O)NC2CC(=O)N(c3cccc(F)c3)C2)cc1. The van der Waals surface area contributed by atoms with E-state index in [0.29, 0.717) is 30.2 Å². The number of amides is 2. The van der Waals surface area contributed by atoms with Gasteiger partial charge >= 0.3 is 0 Å². The predicted molar refractivity (Wildman–Crippen MR) is 92.2 cm³/mol. The number of rotatable bonds is 5. The van der Waals surface area contributed by atoms with Gasteiger partial charge in [-0.15, -0.1) is 0 Å². The summed E-state index contributed by atoms with van der Waals surface area (Å²) in [6.07, 6.45) is 0.194. The van der Waals surface area contributed by atoms with Gasteiger partial charge in [0, 0.05) is 24.2 Å². The number of carbonyl (C=O) groups excluding carboxylic acids is 2. The summed E-state index contributed by atoms with van der Waals surface area (Å²) in [5, 5.41) is 2.86. The summed E-state index contributed by atoms with van der Waals surface area (Å²) in [5.74, 6) is -0.0796. The number of halogens is 1. The minimum absolute atomic E-state index is 0.136. The van der Waals surface area contributed by atoms with Crippen LogP contribution in [0.2, 0.25) is 0 Å². The Morgan fingerprint density at radius 3 is 2.72 bits per heavy atom. The van der Waals surface area contributed by atoms with Crippen molar-refractivity contribution in [1.82, 2.24) is 5.32 Å². The Morgan fingerprint density at radius 1 is 1.28 bits per heavy atom. The zero-order valence-corrected chi connectivity index (χ0v) is 13.9. The van der Waals surface area contributed by atoms with Crippen LogP contribution in [0.4, 0.5) is 10.1 Å². The van der Waals surface area contributed by atoms with Crippen LogP contribution in [0.1, 0.15) is 23.7 Å². The van der Waals surface area contributed by atoms with Crippen LogP contribution in [-0.4, -0.2) is 31.0 Å². The van der Waals surface area contributed by atoms with Crippen LogP contribution in [0.3, 0.4) is 0 Å². The molecule has 0 radical (unpaired) electrons. The molecular weight excluding hydrogens is 323 g/mol. The number of hydrogen-bond donors (Lipinski definition) is 1. The zero-order chi connectivity index (χ0) is 17.8. The maximum atomic E-state index is 13.3. The molecule has 0 bridgehead atoms. The Hall–Kier alpha value is -2.89. The molecule has 3 rings (SSSR count). The summed E-state index contributed by atoms with van der Waals surface area (Å²) in [6, 6.07) is 12.4. The molecule has 0 aliphatic carbocycles. The Kier molecular flexibility index (Phi) is 4.97. The molecule has 130 valence electrons. The van der Waals surface area contributed by atoms with Crippen LogP contribution < -0.4 is 15.0 Å². The molecule has 25 heavy (non-hydrogen) atoms. The van der Waals surface area contributed by atoms with E-state index in [-0.39, 0.29) is 24.3 Å². The minimum Gasteiger partial charge on any atom is -0.494 e. The van der Waals surface area contributed by atoms with E-state index in [2.05, 4.69) is 5.32 Å². The third-order valence-corrected chi connectivity index (χ3v) is 4.01. The number of benzene rings is 2. The molecule has 1 aliphatic rings. The molecule has 1 atom stereocenters. The van der Waals surface area contributed by atoms with Gasteiger partial charge in [0.15, 0.2) is 0 Å². The number of anilines is 1. The van der Waals surface area contributed by atoms with Crippen LogP contribution in [0, 0.1) is 5.82 Å². The number of nitrogens with zero attached hydrogens (tertiary/aromatic N) is 1. The molecule has 2 aromatic carbocycles. The van der Waals surface area contributed by atoms with Crippen molar-refractivity contribution in [2.75, 3.05) is 18.1 Å². The summed E-state index contributed by atoms with van der Waals surface area (Å²) in [4.78, 5) is 26.0. The lowest BCUT2D eigenvalue weighted by atomic mass is 10.2. The van der Waals surface area contributed by atoms with Gasteiger partial charge in [-0.1, -0.05) is 6.07 Å². The quantitative estimate of drug-likeness (QED) is 0.909. The van der Waals surface area contributed by atoms with Crippen molar-refractivity contribution in [3.05, 3.63) is 59.9 Å². The van der Waals surface area contributed by atoms with Crippen molar-refractivity contribution in [1.29, 1.82) is 0 Å². The molecule has 2 aromatic rings. The van der Waals surface area contributed by atoms with Gasteiger partial charge < -0.3 is 15.0 Å². The van der Waals surface area contributed by atoms with E-state index in [9.17, 15) is 14.0 Å². The lowest BCUT2D eigenvalue weighted by Crippen LogP contribution is -2.37. The highest BCUT2D eigenvalue weighted by atomic mass is 19.1. The molecule has 2 amide bonds. The molecule has 1 fully saturated rings. The van der Waals surface area contributed by atoms with Crippen LogP contribution >= 0.6 is 0 Å². The van der Waals surface area contributed by atoms with E-state index in [1.54, 1.807) is 36.4 Å². The van der Waals surface area contributed by atoms with Gasteiger partial charge in [-0.25, -0.2) is 4.39 Å². The number of hydrogen-bond acceptors (Lipinski definition) is 3. The highest BCUT2D eigenvalue weighted by Crippen LogP contribution is 2.22. The fourth-order valence-corrected chi connectivity index (χ4v) is 2.84. The van der Waals surface area contributed by atoms with E-state index in [1.165, 1.54) is 17.0 Å². The summed E-state index contributed by atoms with van der Waals surface area (Å²) in [5.41, 5.74) is 1.00. The smallest absolute Gasteiger partial charge is 0.251 e. The van der Waals surface area contributed by atoms with Crippen LogP contribution in [-0.2, 0) is 4.79 Å². The summed E-state index contributed by atoms with van der Waals surface area (Å²) < 4.78 is 18.7. The fraction of sp³-hybridized carbons (Fsp3) is 0.263. The summed E-state index contributed by atoms with van der Waals surface area (Å²) in [6.45, 7) is 2.78. The third-order valence-electron chi connectivity index (χ3n) is 4.01. The molecule has 1 saturated heterocycles. The fourth-order valence-electron chi connectivity index (χ4n) is 2.84. The van der Waals surface area contributed by atoms with E-state index in [1.807, 2.05) is 6.92 Å². The summed E-state index contributed by atoms with van der Waals surface area (Å²) >= 11 is 0. The standard InChI is InChI=1S/C19H19FN2O3/c1-2-25-17-8-6-13(7-9-17)19(24)21-15-11-18(23)22(12-15)16-5-3-4-14(20)10-16/h3-10,15H,2,11-12H2,1H3,(H,21,24). The van der Waals surface area contributed by atoms with E-state index in [4.69, 9.17) is 4.74 Å². The van der Waals surface area contributed by atoms with Gasteiger partial charge in [0.2, 0.25) is 5.91 Å². The molecule has 5 nitrogen and oxygen atoms in total. The van der Waals surface area contributed by atoms with Crippen molar-refractivity contribution >= 4 is 17.5 Å². The largest absolute Gasteiger partial charge is 0.494 e. The molecular formula is C19H19FN2O3. The molecule has 1 N–H and O–H groups in total. The minimum atomic E-state index is -0.396. The molecule has 6 heteroatoms. The third kappa shape index (κ3) is 3.96. The normalized spacial score (nSPS) is 16.8. The van der Waals surface area contributed by atoms with Crippen molar-refractivity contribution < 1.29 is 18.7 Å². The van der Waals surface area contributed by atoms with E-state index < -0.39 is 5.82 Å². The molecule has 0 saturated carbocycles. The highest BCUT2D eigenvalue weighted by molar-refractivity contribution is 5.99. The van der Waals surface area contributed by atoms with Gasteiger partial charge in [0.05, 0.1) is 12.6 Å². The lowest BCUT2D eigenvalue weighted by molar-refractivity contribution is -0.117. The Balaban J connectivity index is 1.63. The first kappa shape index (κ1) is 17.0. The Morgan fingerprint density at radius 2 is 2.04 bits per heavy atom. The van der Waals surface area contributed by atoms with Gasteiger partial charge in [-0.05, 0) is 49.4 Å². The highest BCUT2D eigenvalue weighted by Gasteiger charge is 2.31. The monoisotopic (exact) mass is 342 g/mol. The first-order chi connectivity index (χ1) is 12.1. The second-order valence-corrected chi connectivity index (χ2v) is 5.82. The molecule has 1 aliphatic heterocycles. The van der Waals surface area contributed by atoms with E-state index in [0.717, 1.165) is 0 Å². The molecule has 1 unspecified atom stereocenters. The summed E-state index contributed by atoms with van der Waals surface area (Å²) in [7, 11) is 0. The Labute approximate surface area is 145 Å². The van der Waals surface area contributed by atoms with Crippen molar-refractivity contribution in [3.8, 4) is 5.75 Å². The number of carbonyl (C=O) groups is 2. The van der Waals surface area contributed by atoms with Crippen LogP contribution in [0.25, 0.3) is 0 Å². The van der Waals surface area contributed by atoms with Gasteiger partial charge in [0.1, 0.15) is 11.6 Å². The molecule has 0 spiro atoms. The Bertz CT molecular complexity index is 776. The maximum Gasteiger partial charge on any atom is 0.251 e. The van der Waals surface area contributed by atoms with Crippen molar-refractivity contribution in [3.63, 3.8) is 0 Å². The van der Waals surface area contributed by atoms with Crippen molar-refractivity contribution in [2.24, 2.45) is 0 Å². The van der Waals surface area contributed by atoms with Gasteiger partial charge in [0.25, 0.3) is 5.91 Å². The van der Waals surface area contributed by atoms with E-state index >= 15 is 0 Å². The second-order valence-electron chi connectivity index (χ2n) is 5.82.